The molecule has 1 aliphatic carbocycles. The maximum absolute atomic E-state index is 10.9. The van der Waals surface area contributed by atoms with E-state index in [4.69, 9.17) is 0 Å². The van der Waals surface area contributed by atoms with Gasteiger partial charge in [0.15, 0.2) is 0 Å². The number of pyridine rings is 2. The molecule has 2 atom stereocenters. The summed E-state index contributed by atoms with van der Waals surface area (Å²) in [5, 5.41) is 18.7. The maximum atomic E-state index is 10.9. The number of aryl methyl sites for hydroxylation is 3. The molecule has 0 spiro atoms. The zero-order valence-electron chi connectivity index (χ0n) is 17.3. The topological polar surface area (TPSA) is 62.5 Å². The van der Waals surface area contributed by atoms with Crippen LogP contribution in [0.5, 0.6) is 0 Å². The highest BCUT2D eigenvalue weighted by Gasteiger charge is 2.26. The van der Waals surface area contributed by atoms with Crippen molar-refractivity contribution in [1.82, 2.24) is 19.9 Å². The summed E-state index contributed by atoms with van der Waals surface area (Å²) in [6.07, 6.45) is 7.77. The van der Waals surface area contributed by atoms with E-state index >= 15 is 0 Å². The molecular weight excluding hydrogens is 372 g/mol. The Morgan fingerprint density at radius 3 is 2.97 bits per heavy atom. The van der Waals surface area contributed by atoms with Gasteiger partial charge in [-0.3, -0.25) is 10.3 Å². The molecule has 0 bridgehead atoms. The van der Waals surface area contributed by atoms with Crippen LogP contribution >= 0.6 is 0 Å². The van der Waals surface area contributed by atoms with E-state index in [0.29, 0.717) is 0 Å². The minimum Gasteiger partial charge on any atom is -0.374 e. The van der Waals surface area contributed by atoms with E-state index in [1.807, 2.05) is 25.4 Å². The Morgan fingerprint density at radius 1 is 1.20 bits per heavy atom. The number of benzene rings is 1. The molecule has 3 heterocycles. The number of aliphatic hydroxyl groups excluding tert-OH is 1. The van der Waals surface area contributed by atoms with Crippen molar-refractivity contribution in [2.75, 3.05) is 0 Å². The second kappa shape index (κ2) is 7.67. The molecule has 0 saturated carbocycles. The molecule has 0 saturated heterocycles. The highest BCUT2D eigenvalue weighted by Crippen LogP contribution is 2.35. The molecule has 5 nitrogen and oxygen atoms in total. The summed E-state index contributed by atoms with van der Waals surface area (Å²) in [6, 6.07) is 15.0. The Bertz CT molecular complexity index is 1210. The molecule has 1 aliphatic rings. The molecule has 5 heteroatoms. The van der Waals surface area contributed by atoms with Crippen molar-refractivity contribution in [2.24, 2.45) is 0 Å². The number of fused-ring (bicyclic) bond motifs is 2. The normalized spacial score (nSPS) is 16.7. The van der Waals surface area contributed by atoms with Crippen molar-refractivity contribution in [2.45, 2.75) is 45.4 Å². The molecule has 0 amide bonds. The summed E-state index contributed by atoms with van der Waals surface area (Å²) in [6.45, 7) is 4.21. The van der Waals surface area contributed by atoms with Crippen LogP contribution in [0, 0.1) is 6.92 Å². The first kappa shape index (κ1) is 19.0. The molecule has 0 fully saturated rings. The summed E-state index contributed by atoms with van der Waals surface area (Å²) in [5.74, 6) is 0. The summed E-state index contributed by atoms with van der Waals surface area (Å²) >= 11 is 0. The van der Waals surface area contributed by atoms with Crippen LogP contribution in [0.1, 0.15) is 53.4 Å². The van der Waals surface area contributed by atoms with Crippen LogP contribution < -0.4 is 5.32 Å². The van der Waals surface area contributed by atoms with Gasteiger partial charge in [-0.1, -0.05) is 19.1 Å². The van der Waals surface area contributed by atoms with Crippen LogP contribution in [0.15, 0.2) is 61.1 Å². The Balaban J connectivity index is 1.39. The van der Waals surface area contributed by atoms with Crippen molar-refractivity contribution in [3.63, 3.8) is 0 Å². The summed E-state index contributed by atoms with van der Waals surface area (Å²) < 4.78 is 1.81. The Labute approximate surface area is 176 Å². The molecule has 4 aromatic rings. The molecule has 1 unspecified atom stereocenters. The second-order valence-electron chi connectivity index (χ2n) is 8.11. The summed E-state index contributed by atoms with van der Waals surface area (Å²) in [7, 11) is 0. The van der Waals surface area contributed by atoms with Crippen LogP contribution in [-0.4, -0.2) is 19.7 Å². The fourth-order valence-corrected chi connectivity index (χ4v) is 4.40. The van der Waals surface area contributed by atoms with Crippen LogP contribution in [0.4, 0.5) is 0 Å². The van der Waals surface area contributed by atoms with E-state index in [1.165, 1.54) is 16.7 Å². The van der Waals surface area contributed by atoms with Crippen molar-refractivity contribution in [3.05, 3.63) is 88.9 Å². The highest BCUT2D eigenvalue weighted by atomic mass is 16.3. The monoisotopic (exact) mass is 398 g/mol. The number of nitrogens with zero attached hydrogens (tertiary/aromatic N) is 3. The first-order valence-electron chi connectivity index (χ1n) is 10.6. The lowest BCUT2D eigenvalue weighted by Crippen LogP contribution is -2.24. The molecule has 3 aromatic heterocycles. The average Bonchev–Trinajstić information content (AvgIpc) is 3.37. The molecular formula is C25H26N4O. The Morgan fingerprint density at radius 2 is 2.10 bits per heavy atom. The van der Waals surface area contributed by atoms with Crippen molar-refractivity contribution in [3.8, 4) is 11.3 Å². The zero-order valence-corrected chi connectivity index (χ0v) is 17.3. The number of nitrogens with one attached hydrogen (secondary N) is 1. The highest BCUT2D eigenvalue weighted by molar-refractivity contribution is 5.62. The van der Waals surface area contributed by atoms with Gasteiger partial charge in [0.1, 0.15) is 6.23 Å². The number of aromatic nitrogens is 3. The van der Waals surface area contributed by atoms with Crippen LogP contribution in [0.2, 0.25) is 0 Å². The third kappa shape index (κ3) is 3.40. The van der Waals surface area contributed by atoms with E-state index in [2.05, 4.69) is 58.7 Å². The maximum Gasteiger partial charge on any atom is 0.135 e. The first-order chi connectivity index (χ1) is 14.6. The third-order valence-corrected chi connectivity index (χ3v) is 6.11. The second-order valence-corrected chi connectivity index (χ2v) is 8.11. The standard InChI is InChI=1S/C25H26N4O/c1-3-17-8-10-26-23(13-17)19-4-6-20-18(14-19)5-7-22(20)28-25(30)21-15-27-29-11-9-16(2)12-24(21)29/h4,6,8-15,22,25,28,30H,3,5,7H2,1-2H3/t22-,25?/m1/s1. The summed E-state index contributed by atoms with van der Waals surface area (Å²) in [5.41, 5.74) is 8.96. The Hall–Kier alpha value is -3.02. The lowest BCUT2D eigenvalue weighted by molar-refractivity contribution is 0.124. The lowest BCUT2D eigenvalue weighted by Gasteiger charge is -2.19. The van der Waals surface area contributed by atoms with E-state index in [-0.39, 0.29) is 6.04 Å². The van der Waals surface area contributed by atoms with Crippen LogP contribution in [-0.2, 0) is 12.8 Å². The van der Waals surface area contributed by atoms with Gasteiger partial charge in [-0.2, -0.15) is 5.10 Å². The van der Waals surface area contributed by atoms with Gasteiger partial charge < -0.3 is 5.11 Å². The van der Waals surface area contributed by atoms with Crippen molar-refractivity contribution >= 4 is 5.52 Å². The fraction of sp³-hybridized carbons (Fsp3) is 0.280. The van der Waals surface area contributed by atoms with Crippen LogP contribution in [0.3, 0.4) is 0 Å². The zero-order chi connectivity index (χ0) is 20.7. The van der Waals surface area contributed by atoms with Crippen LogP contribution in [0.25, 0.3) is 16.8 Å². The van der Waals surface area contributed by atoms with Crippen molar-refractivity contribution in [1.29, 1.82) is 0 Å². The minimum atomic E-state index is -0.761. The summed E-state index contributed by atoms with van der Waals surface area (Å²) in [4.78, 5) is 4.56. The predicted molar refractivity (Wildman–Crippen MR) is 118 cm³/mol. The number of rotatable bonds is 5. The van der Waals surface area contributed by atoms with Gasteiger partial charge in [0.05, 0.1) is 17.4 Å². The van der Waals surface area contributed by atoms with Gasteiger partial charge >= 0.3 is 0 Å². The van der Waals surface area contributed by atoms with Crippen molar-refractivity contribution < 1.29 is 5.11 Å². The molecule has 5 rings (SSSR count). The number of aliphatic hydroxyl groups is 1. The average molecular weight is 399 g/mol. The number of hydrogen-bond acceptors (Lipinski definition) is 4. The quantitative estimate of drug-likeness (QED) is 0.485. The fourth-order valence-electron chi connectivity index (χ4n) is 4.40. The van der Waals surface area contributed by atoms with E-state index in [0.717, 1.165) is 47.2 Å². The molecule has 152 valence electrons. The van der Waals surface area contributed by atoms with E-state index in [9.17, 15) is 5.11 Å². The van der Waals surface area contributed by atoms with Gasteiger partial charge in [-0.15, -0.1) is 0 Å². The van der Waals surface area contributed by atoms with E-state index in [1.54, 1.807) is 10.7 Å². The smallest absolute Gasteiger partial charge is 0.135 e. The first-order valence-corrected chi connectivity index (χ1v) is 10.6. The SMILES string of the molecule is CCc1ccnc(-c2ccc3c(c2)CC[C@H]3NC(O)c2cnn3ccc(C)cc23)c1. The lowest BCUT2D eigenvalue weighted by atomic mass is 10.0. The Kier molecular flexibility index (Phi) is 4.85. The third-order valence-electron chi connectivity index (χ3n) is 6.11. The van der Waals surface area contributed by atoms with E-state index < -0.39 is 6.23 Å². The van der Waals surface area contributed by atoms with Gasteiger partial charge in [0.2, 0.25) is 0 Å². The minimum absolute atomic E-state index is 0.124. The largest absolute Gasteiger partial charge is 0.374 e. The van der Waals surface area contributed by atoms with Gasteiger partial charge in [-0.25, -0.2) is 4.52 Å². The molecule has 30 heavy (non-hydrogen) atoms. The predicted octanol–water partition coefficient (Wildman–Crippen LogP) is 4.54. The van der Waals surface area contributed by atoms with Gasteiger partial charge in [0.25, 0.3) is 0 Å². The number of hydrogen-bond donors (Lipinski definition) is 2. The molecule has 0 aliphatic heterocycles. The van der Waals surface area contributed by atoms with Gasteiger partial charge in [-0.05, 0) is 78.8 Å². The molecule has 0 radical (unpaired) electrons. The molecule has 1 aromatic carbocycles. The van der Waals surface area contributed by atoms with Gasteiger partial charge in [0, 0.05) is 29.6 Å². The molecule has 2 N–H and O–H groups in total.